The number of methoxy groups -OCH3 is 2. The van der Waals surface area contributed by atoms with E-state index in [1.54, 1.807) is 37.3 Å². The first-order valence-electron chi connectivity index (χ1n) is 14.3. The Labute approximate surface area is 245 Å². The number of ether oxygens (including phenoxy) is 2. The number of carbonyl (C=O) groups is 2. The number of para-hydroxylation sites is 2. The lowest BCUT2D eigenvalue weighted by Crippen LogP contribution is -2.38. The summed E-state index contributed by atoms with van der Waals surface area (Å²) in [7, 11) is 3.12. The highest BCUT2D eigenvalue weighted by atomic mass is 16.6. The van der Waals surface area contributed by atoms with Crippen LogP contribution in [-0.4, -0.2) is 30.8 Å². The number of nitro groups is 1. The van der Waals surface area contributed by atoms with Crippen LogP contribution in [0.2, 0.25) is 0 Å². The fourth-order valence-electron chi connectivity index (χ4n) is 5.98. The molecule has 0 saturated heterocycles. The topological polar surface area (TPSA) is 111 Å². The molecular formula is C33H35N3O6. The van der Waals surface area contributed by atoms with Crippen molar-refractivity contribution in [2.75, 3.05) is 24.4 Å². The highest BCUT2D eigenvalue weighted by molar-refractivity contribution is 6.06. The Kier molecular flexibility index (Phi) is 8.56. The molecule has 0 saturated carbocycles. The van der Waals surface area contributed by atoms with Crippen molar-refractivity contribution < 1.29 is 24.0 Å². The van der Waals surface area contributed by atoms with E-state index in [2.05, 4.69) is 12.2 Å². The van der Waals surface area contributed by atoms with Crippen molar-refractivity contribution in [2.45, 2.75) is 57.4 Å². The van der Waals surface area contributed by atoms with Crippen LogP contribution in [0.15, 0.2) is 78.0 Å². The molecule has 42 heavy (non-hydrogen) atoms. The van der Waals surface area contributed by atoms with Gasteiger partial charge < -0.3 is 14.8 Å². The number of nitro benzene ring substituents is 1. The molecule has 1 aliphatic carbocycles. The molecule has 3 aromatic rings. The monoisotopic (exact) mass is 569 g/mol. The highest BCUT2D eigenvalue weighted by Crippen LogP contribution is 2.48. The Hall–Kier alpha value is -4.66. The van der Waals surface area contributed by atoms with Crippen LogP contribution < -0.4 is 19.7 Å². The average molecular weight is 570 g/mol. The number of benzene rings is 3. The number of anilines is 2. The van der Waals surface area contributed by atoms with Crippen molar-refractivity contribution in [1.82, 2.24) is 0 Å². The maximum Gasteiger partial charge on any atom is 0.269 e. The molecule has 0 radical (unpaired) electrons. The number of Topliss-reactive ketones (excluding diaryl/α,β-unsaturated/α-hetero) is 1. The van der Waals surface area contributed by atoms with Gasteiger partial charge in [-0.1, -0.05) is 50.1 Å². The van der Waals surface area contributed by atoms with Crippen molar-refractivity contribution >= 4 is 28.8 Å². The van der Waals surface area contributed by atoms with E-state index in [4.69, 9.17) is 9.47 Å². The van der Waals surface area contributed by atoms with Gasteiger partial charge >= 0.3 is 0 Å². The summed E-state index contributed by atoms with van der Waals surface area (Å²) in [6.07, 6.45) is 3.63. The lowest BCUT2D eigenvalue weighted by atomic mass is 9.78. The second-order valence-electron chi connectivity index (χ2n) is 10.7. The first kappa shape index (κ1) is 28.9. The third-order valence-corrected chi connectivity index (χ3v) is 8.03. The number of non-ortho nitro benzene ring substituents is 1. The summed E-state index contributed by atoms with van der Waals surface area (Å²) in [6, 6.07) is 18.8. The molecule has 0 bridgehead atoms. The van der Waals surface area contributed by atoms with E-state index in [-0.39, 0.29) is 29.7 Å². The van der Waals surface area contributed by atoms with Gasteiger partial charge in [-0.2, -0.15) is 0 Å². The Balaban J connectivity index is 1.68. The largest absolute Gasteiger partial charge is 0.493 e. The fraction of sp³-hybridized carbons (Fsp3) is 0.333. The number of allylic oxidation sites excluding steroid dienone is 1. The van der Waals surface area contributed by atoms with Crippen LogP contribution in [0.3, 0.4) is 0 Å². The normalized spacial score (nSPS) is 18.0. The number of rotatable bonds is 9. The molecule has 1 N–H and O–H groups in total. The summed E-state index contributed by atoms with van der Waals surface area (Å²) in [6.45, 7) is 2.09. The molecule has 1 aliphatic heterocycles. The number of unbranched alkanes of at least 4 members (excludes halogenated alkanes) is 2. The van der Waals surface area contributed by atoms with Gasteiger partial charge in [-0.05, 0) is 54.2 Å². The molecule has 218 valence electrons. The summed E-state index contributed by atoms with van der Waals surface area (Å²) in [5.41, 5.74) is 4.09. The Morgan fingerprint density at radius 1 is 0.976 bits per heavy atom. The Morgan fingerprint density at radius 2 is 1.76 bits per heavy atom. The van der Waals surface area contributed by atoms with Crippen molar-refractivity contribution in [3.05, 3.63) is 99.2 Å². The first-order chi connectivity index (χ1) is 20.4. The Morgan fingerprint density at radius 3 is 2.50 bits per heavy atom. The standard InChI is InChI=1S/C33H35N3O6/c1-4-5-6-14-31(38)35-27-13-8-7-12-25(27)34-26-18-23(21-10-9-11-24(17-21)36(39)40)19-28(37)32(26)33(35)22-15-16-29(41-2)30(20-22)42-3/h7-13,15-17,20,23,33-34H,4-6,14,18-19H2,1-3H3/t23-,33+/m0/s1. The van der Waals surface area contributed by atoms with Gasteiger partial charge in [0.05, 0.1) is 36.6 Å². The molecule has 0 fully saturated rings. The summed E-state index contributed by atoms with van der Waals surface area (Å²) in [5.74, 6) is 0.607. The second kappa shape index (κ2) is 12.5. The molecule has 1 amide bonds. The molecule has 3 aromatic carbocycles. The first-order valence-corrected chi connectivity index (χ1v) is 14.3. The van der Waals surface area contributed by atoms with Crippen LogP contribution in [0, 0.1) is 10.1 Å². The number of nitrogens with one attached hydrogen (secondary N) is 1. The van der Waals surface area contributed by atoms with Gasteiger partial charge in [-0.15, -0.1) is 0 Å². The zero-order chi connectivity index (χ0) is 29.8. The molecule has 5 rings (SSSR count). The van der Waals surface area contributed by atoms with Crippen molar-refractivity contribution in [3.63, 3.8) is 0 Å². The minimum Gasteiger partial charge on any atom is -0.493 e. The SMILES string of the molecule is CCCCCC(=O)N1c2ccccc2NC2=C(C(=O)C[C@@H](c3cccc([N+](=O)[O-])c3)C2)[C@H]1c1ccc(OC)c(OC)c1. The Bertz CT molecular complexity index is 1550. The molecule has 2 atom stereocenters. The average Bonchev–Trinajstić information content (AvgIpc) is 3.15. The minimum absolute atomic E-state index is 0.00838. The van der Waals surface area contributed by atoms with E-state index in [1.165, 1.54) is 6.07 Å². The summed E-state index contributed by atoms with van der Waals surface area (Å²) in [5, 5.41) is 15.0. The van der Waals surface area contributed by atoms with Crippen LogP contribution in [0.25, 0.3) is 0 Å². The van der Waals surface area contributed by atoms with Crippen LogP contribution >= 0.6 is 0 Å². The van der Waals surface area contributed by atoms with E-state index in [1.807, 2.05) is 42.5 Å². The second-order valence-corrected chi connectivity index (χ2v) is 10.7. The molecule has 0 aromatic heterocycles. The van der Waals surface area contributed by atoms with E-state index in [0.29, 0.717) is 41.3 Å². The van der Waals surface area contributed by atoms with Gasteiger partial charge in [0.25, 0.3) is 5.69 Å². The number of nitrogens with zero attached hydrogens (tertiary/aromatic N) is 2. The lowest BCUT2D eigenvalue weighted by Gasteiger charge is -2.35. The predicted molar refractivity (Wildman–Crippen MR) is 161 cm³/mol. The number of carbonyl (C=O) groups excluding carboxylic acids is 2. The number of amides is 1. The van der Waals surface area contributed by atoms with E-state index < -0.39 is 11.0 Å². The highest BCUT2D eigenvalue weighted by Gasteiger charge is 2.41. The summed E-state index contributed by atoms with van der Waals surface area (Å²) < 4.78 is 11.1. The molecular weight excluding hydrogens is 534 g/mol. The summed E-state index contributed by atoms with van der Waals surface area (Å²) >= 11 is 0. The van der Waals surface area contributed by atoms with Crippen LogP contribution in [0.5, 0.6) is 11.5 Å². The van der Waals surface area contributed by atoms with Crippen molar-refractivity contribution in [2.24, 2.45) is 0 Å². The fourth-order valence-corrected chi connectivity index (χ4v) is 5.98. The molecule has 1 heterocycles. The van der Waals surface area contributed by atoms with Crippen LogP contribution in [0.4, 0.5) is 17.1 Å². The molecule has 2 aliphatic rings. The molecule has 9 nitrogen and oxygen atoms in total. The number of hydrogen-bond donors (Lipinski definition) is 1. The molecule has 0 unspecified atom stereocenters. The third kappa shape index (κ3) is 5.59. The van der Waals surface area contributed by atoms with Gasteiger partial charge in [0.1, 0.15) is 0 Å². The predicted octanol–water partition coefficient (Wildman–Crippen LogP) is 7.09. The zero-order valence-corrected chi connectivity index (χ0v) is 24.1. The maximum absolute atomic E-state index is 14.2. The number of fused-ring (bicyclic) bond motifs is 1. The van der Waals surface area contributed by atoms with E-state index in [9.17, 15) is 19.7 Å². The molecule has 9 heteroatoms. The molecule has 0 spiro atoms. The van der Waals surface area contributed by atoms with Gasteiger partial charge in [-0.25, -0.2) is 0 Å². The van der Waals surface area contributed by atoms with E-state index >= 15 is 0 Å². The van der Waals surface area contributed by atoms with Gasteiger partial charge in [0.15, 0.2) is 17.3 Å². The smallest absolute Gasteiger partial charge is 0.269 e. The van der Waals surface area contributed by atoms with Crippen LogP contribution in [-0.2, 0) is 9.59 Å². The lowest BCUT2D eigenvalue weighted by molar-refractivity contribution is -0.384. The maximum atomic E-state index is 14.2. The minimum atomic E-state index is -0.705. The van der Waals surface area contributed by atoms with Gasteiger partial charge in [0, 0.05) is 36.2 Å². The van der Waals surface area contributed by atoms with Crippen molar-refractivity contribution in [3.8, 4) is 11.5 Å². The van der Waals surface area contributed by atoms with E-state index in [0.717, 1.165) is 36.1 Å². The third-order valence-electron chi connectivity index (χ3n) is 8.03. The number of ketones is 1. The van der Waals surface area contributed by atoms with Gasteiger partial charge in [0.2, 0.25) is 5.91 Å². The number of hydrogen-bond acceptors (Lipinski definition) is 7. The van der Waals surface area contributed by atoms with Gasteiger partial charge in [-0.3, -0.25) is 24.6 Å². The van der Waals surface area contributed by atoms with Crippen molar-refractivity contribution in [1.29, 1.82) is 0 Å². The summed E-state index contributed by atoms with van der Waals surface area (Å²) in [4.78, 5) is 41.1. The van der Waals surface area contributed by atoms with Crippen LogP contribution in [0.1, 0.15) is 68.5 Å². The quantitative estimate of drug-likeness (QED) is 0.166. The zero-order valence-electron chi connectivity index (χ0n) is 24.1.